The molecule has 0 bridgehead atoms. The van der Waals surface area contributed by atoms with Gasteiger partial charge in [-0.05, 0) is 18.3 Å². The van der Waals surface area contributed by atoms with Crippen molar-refractivity contribution in [1.82, 2.24) is 0 Å². The van der Waals surface area contributed by atoms with Gasteiger partial charge in [-0.3, -0.25) is 0 Å². The minimum Gasteiger partial charge on any atom is -0.390 e. The lowest BCUT2D eigenvalue weighted by Gasteiger charge is -2.35. The Hall–Kier alpha value is -0.120. The van der Waals surface area contributed by atoms with Crippen molar-refractivity contribution < 1.29 is 14.9 Å². The number of hydrogen-bond donors (Lipinski definition) is 2. The van der Waals surface area contributed by atoms with E-state index in [1.54, 1.807) is 0 Å². The second kappa shape index (κ2) is 4.40. The third-order valence-corrected chi connectivity index (χ3v) is 2.63. The largest absolute Gasteiger partial charge is 0.390 e. The highest BCUT2D eigenvalue weighted by atomic mass is 16.6. The molecule has 0 aromatic carbocycles. The lowest BCUT2D eigenvalue weighted by molar-refractivity contribution is -0.206. The van der Waals surface area contributed by atoms with Gasteiger partial charge in [0, 0.05) is 6.42 Å². The van der Waals surface area contributed by atoms with Crippen LogP contribution >= 0.6 is 0 Å². The SMILES string of the molecule is CC(C)[C@@H](O)[C@H]1C[C@@H](C)CC(O)O1. The van der Waals surface area contributed by atoms with Crippen LogP contribution < -0.4 is 0 Å². The summed E-state index contributed by atoms with van der Waals surface area (Å²) in [6, 6.07) is 0. The maximum absolute atomic E-state index is 9.75. The van der Waals surface area contributed by atoms with E-state index in [1.165, 1.54) is 0 Å². The molecule has 1 aliphatic heterocycles. The Labute approximate surface area is 79.7 Å². The third-order valence-electron chi connectivity index (χ3n) is 2.63. The van der Waals surface area contributed by atoms with Gasteiger partial charge in [0.05, 0.1) is 12.2 Å². The number of hydrogen-bond acceptors (Lipinski definition) is 3. The van der Waals surface area contributed by atoms with E-state index in [9.17, 15) is 10.2 Å². The summed E-state index contributed by atoms with van der Waals surface area (Å²) in [4.78, 5) is 0. The molecule has 0 aromatic heterocycles. The molecule has 1 aliphatic rings. The van der Waals surface area contributed by atoms with Crippen LogP contribution in [0.25, 0.3) is 0 Å². The van der Waals surface area contributed by atoms with Crippen molar-refractivity contribution in [2.24, 2.45) is 11.8 Å². The van der Waals surface area contributed by atoms with Gasteiger partial charge < -0.3 is 14.9 Å². The fourth-order valence-electron chi connectivity index (χ4n) is 1.80. The average molecular weight is 188 g/mol. The molecule has 0 spiro atoms. The fourth-order valence-corrected chi connectivity index (χ4v) is 1.80. The molecular formula is C10H20O3. The second-order valence-electron chi connectivity index (χ2n) is 4.44. The van der Waals surface area contributed by atoms with Gasteiger partial charge in [-0.15, -0.1) is 0 Å². The van der Waals surface area contributed by atoms with Gasteiger partial charge in [0.1, 0.15) is 0 Å². The van der Waals surface area contributed by atoms with E-state index in [2.05, 4.69) is 6.92 Å². The predicted octanol–water partition coefficient (Wildman–Crippen LogP) is 1.14. The summed E-state index contributed by atoms with van der Waals surface area (Å²) in [5.74, 6) is 0.615. The molecule has 78 valence electrons. The normalized spacial score (nSPS) is 37.8. The molecule has 1 fully saturated rings. The fraction of sp³-hybridized carbons (Fsp3) is 1.00. The number of aliphatic hydroxyl groups is 2. The van der Waals surface area contributed by atoms with Gasteiger partial charge in [0.25, 0.3) is 0 Å². The molecule has 0 amide bonds. The van der Waals surface area contributed by atoms with Crippen LogP contribution in [0.1, 0.15) is 33.6 Å². The molecule has 1 saturated heterocycles. The molecule has 0 radical (unpaired) electrons. The molecule has 3 heteroatoms. The van der Waals surface area contributed by atoms with E-state index in [0.717, 1.165) is 6.42 Å². The first kappa shape index (κ1) is 11.0. The van der Waals surface area contributed by atoms with Crippen LogP contribution in [0.3, 0.4) is 0 Å². The Bertz CT molecular complexity index is 148. The van der Waals surface area contributed by atoms with Gasteiger partial charge in [-0.2, -0.15) is 0 Å². The summed E-state index contributed by atoms with van der Waals surface area (Å²) in [5, 5.41) is 19.1. The predicted molar refractivity (Wildman–Crippen MR) is 50.1 cm³/mol. The molecule has 3 nitrogen and oxygen atoms in total. The van der Waals surface area contributed by atoms with Gasteiger partial charge >= 0.3 is 0 Å². The monoisotopic (exact) mass is 188 g/mol. The zero-order chi connectivity index (χ0) is 10.0. The van der Waals surface area contributed by atoms with Crippen LogP contribution in [0.15, 0.2) is 0 Å². The molecule has 1 rings (SSSR count). The zero-order valence-electron chi connectivity index (χ0n) is 8.60. The van der Waals surface area contributed by atoms with E-state index in [-0.39, 0.29) is 12.0 Å². The van der Waals surface area contributed by atoms with Gasteiger partial charge in [0.2, 0.25) is 0 Å². The Morgan fingerprint density at radius 3 is 2.38 bits per heavy atom. The van der Waals surface area contributed by atoms with Crippen molar-refractivity contribution in [2.75, 3.05) is 0 Å². The average Bonchev–Trinajstić information content (AvgIpc) is 2.01. The molecule has 0 aliphatic carbocycles. The smallest absolute Gasteiger partial charge is 0.155 e. The van der Waals surface area contributed by atoms with Crippen molar-refractivity contribution >= 4 is 0 Å². The maximum Gasteiger partial charge on any atom is 0.155 e. The lowest BCUT2D eigenvalue weighted by Crippen LogP contribution is -2.41. The Morgan fingerprint density at radius 1 is 1.31 bits per heavy atom. The molecule has 1 unspecified atom stereocenters. The Kier molecular flexibility index (Phi) is 3.71. The molecule has 0 saturated carbocycles. The van der Waals surface area contributed by atoms with Crippen molar-refractivity contribution in [3.05, 3.63) is 0 Å². The summed E-state index contributed by atoms with van der Waals surface area (Å²) in [5.41, 5.74) is 0. The minimum absolute atomic E-state index is 0.183. The highest BCUT2D eigenvalue weighted by Gasteiger charge is 2.31. The highest BCUT2D eigenvalue weighted by molar-refractivity contribution is 4.78. The van der Waals surface area contributed by atoms with Crippen molar-refractivity contribution in [3.63, 3.8) is 0 Å². The number of aliphatic hydroxyl groups excluding tert-OH is 2. The quantitative estimate of drug-likeness (QED) is 0.683. The van der Waals surface area contributed by atoms with Crippen LogP contribution in [0.5, 0.6) is 0 Å². The standard InChI is InChI=1S/C10H20O3/c1-6(2)10(12)8-4-7(3)5-9(11)13-8/h6-12H,4-5H2,1-3H3/t7-,8-,9?,10-/m1/s1. The third kappa shape index (κ3) is 2.93. The molecular weight excluding hydrogens is 168 g/mol. The summed E-state index contributed by atoms with van der Waals surface area (Å²) in [6.45, 7) is 5.99. The first-order chi connectivity index (χ1) is 6.00. The molecule has 2 N–H and O–H groups in total. The van der Waals surface area contributed by atoms with Crippen LogP contribution in [-0.2, 0) is 4.74 Å². The molecule has 1 heterocycles. The summed E-state index contributed by atoms with van der Waals surface area (Å²) in [6.07, 6.45) is 0.177. The Balaban J connectivity index is 2.49. The van der Waals surface area contributed by atoms with E-state index in [1.807, 2.05) is 13.8 Å². The van der Waals surface area contributed by atoms with E-state index in [4.69, 9.17) is 4.74 Å². The summed E-state index contributed by atoms with van der Waals surface area (Å²) in [7, 11) is 0. The number of rotatable bonds is 2. The Morgan fingerprint density at radius 2 is 1.92 bits per heavy atom. The van der Waals surface area contributed by atoms with Crippen molar-refractivity contribution in [1.29, 1.82) is 0 Å². The zero-order valence-corrected chi connectivity index (χ0v) is 8.60. The molecule has 4 atom stereocenters. The minimum atomic E-state index is -0.692. The van der Waals surface area contributed by atoms with Crippen LogP contribution in [0.2, 0.25) is 0 Å². The van der Waals surface area contributed by atoms with Crippen LogP contribution in [0.4, 0.5) is 0 Å². The van der Waals surface area contributed by atoms with Crippen LogP contribution in [-0.4, -0.2) is 28.7 Å². The van der Waals surface area contributed by atoms with Gasteiger partial charge in [-0.1, -0.05) is 20.8 Å². The highest BCUT2D eigenvalue weighted by Crippen LogP contribution is 2.27. The van der Waals surface area contributed by atoms with E-state index >= 15 is 0 Å². The van der Waals surface area contributed by atoms with E-state index < -0.39 is 12.4 Å². The lowest BCUT2D eigenvalue weighted by atomic mass is 9.90. The van der Waals surface area contributed by atoms with Crippen molar-refractivity contribution in [3.8, 4) is 0 Å². The van der Waals surface area contributed by atoms with E-state index in [0.29, 0.717) is 12.3 Å². The van der Waals surface area contributed by atoms with Crippen molar-refractivity contribution in [2.45, 2.75) is 52.1 Å². The summed E-state index contributed by atoms with van der Waals surface area (Å²) < 4.78 is 5.29. The van der Waals surface area contributed by atoms with Gasteiger partial charge in [0.15, 0.2) is 6.29 Å². The van der Waals surface area contributed by atoms with Gasteiger partial charge in [-0.25, -0.2) is 0 Å². The first-order valence-corrected chi connectivity index (χ1v) is 5.02. The topological polar surface area (TPSA) is 49.7 Å². The number of ether oxygens (including phenoxy) is 1. The molecule has 13 heavy (non-hydrogen) atoms. The summed E-state index contributed by atoms with van der Waals surface area (Å²) >= 11 is 0. The molecule has 0 aromatic rings. The van der Waals surface area contributed by atoms with Crippen LogP contribution in [0, 0.1) is 11.8 Å². The first-order valence-electron chi connectivity index (χ1n) is 5.02. The maximum atomic E-state index is 9.75. The second-order valence-corrected chi connectivity index (χ2v) is 4.44.